The van der Waals surface area contributed by atoms with Gasteiger partial charge in [-0.2, -0.15) is 0 Å². The van der Waals surface area contributed by atoms with Crippen molar-refractivity contribution in [1.29, 1.82) is 0 Å². The second-order valence-electron chi connectivity index (χ2n) is 10.2. The zero-order valence-electron chi connectivity index (χ0n) is 18.0. The molecule has 5 atom stereocenters. The van der Waals surface area contributed by atoms with Gasteiger partial charge in [0.25, 0.3) is 0 Å². The molecule has 0 N–H and O–H groups in total. The minimum atomic E-state index is -0.593. The Balaban J connectivity index is 1.31. The molecule has 1 aromatic rings. The Morgan fingerprint density at radius 3 is 2.41 bits per heavy atom. The molecule has 3 aliphatic rings. The molecule has 0 saturated heterocycles. The minimum absolute atomic E-state index is 0.325. The Morgan fingerprint density at radius 1 is 0.897 bits per heavy atom. The summed E-state index contributed by atoms with van der Waals surface area (Å²) in [5, 5.41) is -0.325. The molecule has 0 bridgehead atoms. The summed E-state index contributed by atoms with van der Waals surface area (Å²) in [5.41, 5.74) is 1.54. The smallest absolute Gasteiger partial charge is 0.148 e. The van der Waals surface area contributed by atoms with Gasteiger partial charge < -0.3 is 0 Å². The average Bonchev–Trinajstić information content (AvgIpc) is 2.74. The molecule has 29 heavy (non-hydrogen) atoms. The van der Waals surface area contributed by atoms with Gasteiger partial charge in [0.2, 0.25) is 0 Å². The predicted octanol–water partition coefficient (Wildman–Crippen LogP) is 8.53. The molecule has 0 aliphatic heterocycles. The van der Waals surface area contributed by atoms with Crippen molar-refractivity contribution in [1.82, 2.24) is 0 Å². The van der Waals surface area contributed by atoms with E-state index in [4.69, 9.17) is 11.6 Å². The van der Waals surface area contributed by atoms with E-state index in [1.807, 2.05) is 0 Å². The summed E-state index contributed by atoms with van der Waals surface area (Å²) in [5.74, 6) is 3.05. The summed E-state index contributed by atoms with van der Waals surface area (Å²) in [4.78, 5) is 0. The molecule has 0 aromatic heterocycles. The fourth-order valence-electron chi connectivity index (χ4n) is 6.82. The van der Waals surface area contributed by atoms with Crippen LogP contribution in [0, 0.1) is 41.2 Å². The molecule has 5 unspecified atom stereocenters. The van der Waals surface area contributed by atoms with Gasteiger partial charge in [-0.15, -0.1) is 0 Å². The maximum atomic E-state index is 14.3. The van der Waals surface area contributed by atoms with Crippen LogP contribution in [0.1, 0.15) is 95.1 Å². The van der Waals surface area contributed by atoms with Crippen LogP contribution in [-0.4, -0.2) is 0 Å². The lowest BCUT2D eigenvalue weighted by atomic mass is 9.61. The number of unbranched alkanes of at least 4 members (excludes halogenated alkanes) is 3. The Kier molecular flexibility index (Phi) is 7.20. The van der Waals surface area contributed by atoms with Crippen LogP contribution >= 0.6 is 11.6 Å². The average molecular weight is 423 g/mol. The van der Waals surface area contributed by atoms with Crippen molar-refractivity contribution in [2.75, 3.05) is 0 Å². The Morgan fingerprint density at radius 2 is 1.62 bits per heavy atom. The van der Waals surface area contributed by atoms with Gasteiger partial charge in [-0.3, -0.25) is 0 Å². The van der Waals surface area contributed by atoms with Crippen molar-refractivity contribution < 1.29 is 8.78 Å². The number of hydrogen-bond acceptors (Lipinski definition) is 0. The van der Waals surface area contributed by atoms with Gasteiger partial charge in [0.1, 0.15) is 16.7 Å². The number of benzene rings is 1. The van der Waals surface area contributed by atoms with E-state index in [0.29, 0.717) is 11.5 Å². The lowest BCUT2D eigenvalue weighted by Crippen LogP contribution is -2.35. The van der Waals surface area contributed by atoms with E-state index in [1.165, 1.54) is 76.7 Å². The van der Waals surface area contributed by atoms with E-state index in [2.05, 4.69) is 6.92 Å². The molecule has 0 radical (unpaired) electrons. The van der Waals surface area contributed by atoms with Crippen molar-refractivity contribution in [3.63, 3.8) is 0 Å². The van der Waals surface area contributed by atoms with E-state index >= 15 is 0 Å². The summed E-state index contributed by atoms with van der Waals surface area (Å²) in [6.07, 6.45) is 18.0. The standard InChI is InChI=1S/C26H37ClF2/c1-2-3-4-5-6-17-7-8-19-14-20(10-9-18(19)13-17)21-11-12-23-22(15-21)16-24(28)25(27)26(23)29/h16-21H,2-15H2,1H3. The summed E-state index contributed by atoms with van der Waals surface area (Å²) in [6, 6.07) is 1.50. The van der Waals surface area contributed by atoms with Crippen LogP contribution in [-0.2, 0) is 12.8 Å². The van der Waals surface area contributed by atoms with Crippen LogP contribution in [0.2, 0.25) is 5.02 Å². The molecule has 4 rings (SSSR count). The van der Waals surface area contributed by atoms with Gasteiger partial charge in [-0.25, -0.2) is 8.78 Å². The van der Waals surface area contributed by atoms with Gasteiger partial charge >= 0.3 is 0 Å². The molecule has 2 fully saturated rings. The molecule has 0 spiro atoms. The van der Waals surface area contributed by atoms with Crippen LogP contribution < -0.4 is 0 Å². The van der Waals surface area contributed by atoms with Crippen LogP contribution in [0.5, 0.6) is 0 Å². The van der Waals surface area contributed by atoms with Crippen LogP contribution in [0.15, 0.2) is 6.07 Å². The van der Waals surface area contributed by atoms with Crippen molar-refractivity contribution in [2.24, 2.45) is 29.6 Å². The van der Waals surface area contributed by atoms with Crippen molar-refractivity contribution in [2.45, 2.75) is 96.8 Å². The first-order chi connectivity index (χ1) is 14.1. The van der Waals surface area contributed by atoms with Gasteiger partial charge in [0.05, 0.1) is 0 Å². The second kappa shape index (κ2) is 9.67. The molecule has 2 saturated carbocycles. The van der Waals surface area contributed by atoms with E-state index in [1.54, 1.807) is 0 Å². The molecule has 0 heterocycles. The fourth-order valence-corrected chi connectivity index (χ4v) is 6.99. The summed E-state index contributed by atoms with van der Waals surface area (Å²) < 4.78 is 28.3. The molecule has 3 aliphatic carbocycles. The Bertz CT molecular complexity index is 700. The third kappa shape index (κ3) is 4.83. The first-order valence-corrected chi connectivity index (χ1v) is 12.6. The minimum Gasteiger partial charge on any atom is -0.205 e. The lowest BCUT2D eigenvalue weighted by Gasteiger charge is -2.45. The molecular weight excluding hydrogens is 386 g/mol. The molecule has 3 heteroatoms. The molecular formula is C26H37ClF2. The monoisotopic (exact) mass is 422 g/mol. The zero-order valence-corrected chi connectivity index (χ0v) is 18.8. The van der Waals surface area contributed by atoms with E-state index in [9.17, 15) is 8.78 Å². The summed E-state index contributed by atoms with van der Waals surface area (Å²) in [7, 11) is 0. The Labute approximate surface area is 180 Å². The van der Waals surface area contributed by atoms with Crippen molar-refractivity contribution in [3.8, 4) is 0 Å². The largest absolute Gasteiger partial charge is 0.205 e. The predicted molar refractivity (Wildman–Crippen MR) is 117 cm³/mol. The number of halogens is 3. The van der Waals surface area contributed by atoms with Crippen molar-refractivity contribution in [3.05, 3.63) is 33.9 Å². The highest BCUT2D eigenvalue weighted by Gasteiger charge is 2.39. The highest BCUT2D eigenvalue weighted by molar-refractivity contribution is 6.31. The number of fused-ring (bicyclic) bond motifs is 2. The van der Waals surface area contributed by atoms with E-state index in [0.717, 1.165) is 48.5 Å². The quantitative estimate of drug-likeness (QED) is 0.318. The van der Waals surface area contributed by atoms with Gasteiger partial charge in [-0.1, -0.05) is 57.0 Å². The topological polar surface area (TPSA) is 0 Å². The lowest BCUT2D eigenvalue weighted by molar-refractivity contribution is 0.0688. The second-order valence-corrected chi connectivity index (χ2v) is 10.6. The first kappa shape index (κ1) is 21.6. The highest BCUT2D eigenvalue weighted by atomic mass is 35.5. The molecule has 1 aromatic carbocycles. The zero-order chi connectivity index (χ0) is 20.4. The van der Waals surface area contributed by atoms with Gasteiger partial charge in [0, 0.05) is 0 Å². The third-order valence-corrected chi connectivity index (χ3v) is 8.84. The SMILES string of the molecule is CCCCCCC1CCC2CC(C3CCc4c(cc(F)c(Cl)c4F)C3)CCC2C1. The van der Waals surface area contributed by atoms with E-state index < -0.39 is 11.6 Å². The Hall–Kier alpha value is -0.630. The van der Waals surface area contributed by atoms with Crippen LogP contribution in [0.3, 0.4) is 0 Å². The van der Waals surface area contributed by atoms with E-state index in [-0.39, 0.29) is 5.02 Å². The molecule has 0 amide bonds. The highest BCUT2D eigenvalue weighted by Crippen LogP contribution is 2.49. The van der Waals surface area contributed by atoms with Gasteiger partial charge in [0.15, 0.2) is 0 Å². The number of hydrogen-bond donors (Lipinski definition) is 0. The van der Waals surface area contributed by atoms with Gasteiger partial charge in [-0.05, 0) is 98.1 Å². The van der Waals surface area contributed by atoms with Crippen LogP contribution in [0.25, 0.3) is 0 Å². The van der Waals surface area contributed by atoms with Crippen LogP contribution in [0.4, 0.5) is 8.78 Å². The molecule has 0 nitrogen and oxygen atoms in total. The maximum Gasteiger partial charge on any atom is 0.148 e. The first-order valence-electron chi connectivity index (χ1n) is 12.2. The fraction of sp³-hybridized carbons (Fsp3) is 0.769. The summed E-state index contributed by atoms with van der Waals surface area (Å²) >= 11 is 5.79. The maximum absolute atomic E-state index is 14.3. The summed E-state index contributed by atoms with van der Waals surface area (Å²) in [6.45, 7) is 2.29. The number of rotatable bonds is 6. The normalized spacial score (nSPS) is 31.9. The molecule has 162 valence electrons. The van der Waals surface area contributed by atoms with Crippen molar-refractivity contribution >= 4 is 11.6 Å². The third-order valence-electron chi connectivity index (χ3n) is 8.50.